The largest absolute Gasteiger partial charge is 0.465 e. The maximum atomic E-state index is 12.5. The first kappa shape index (κ1) is 18.0. The number of anilines is 1. The number of non-ortho nitro benzene ring substituents is 1. The molecule has 0 spiro atoms. The number of hydrogen-bond donors (Lipinski definition) is 2. The van der Waals surface area contributed by atoms with Gasteiger partial charge in [-0.2, -0.15) is 0 Å². The molecule has 3 N–H and O–H groups in total. The highest BCUT2D eigenvalue weighted by Crippen LogP contribution is 2.29. The number of amides is 1. The van der Waals surface area contributed by atoms with Crippen molar-refractivity contribution in [1.82, 2.24) is 4.98 Å². The van der Waals surface area contributed by atoms with Gasteiger partial charge in [0.05, 0.1) is 23.3 Å². The predicted molar refractivity (Wildman–Crippen MR) is 94.5 cm³/mol. The molecule has 1 aromatic heterocycles. The van der Waals surface area contributed by atoms with E-state index in [-0.39, 0.29) is 22.9 Å². The van der Waals surface area contributed by atoms with Crippen molar-refractivity contribution in [3.05, 3.63) is 50.0 Å². The Hall–Kier alpha value is -2.85. The summed E-state index contributed by atoms with van der Waals surface area (Å²) >= 11 is 1.34. The number of carbonyl (C=O) groups is 2. The molecule has 1 atom stereocenters. The fourth-order valence-corrected chi connectivity index (χ4v) is 3.80. The number of hydrogen-bond acceptors (Lipinski definition) is 8. The van der Waals surface area contributed by atoms with Gasteiger partial charge in [0.25, 0.3) is 11.6 Å². The Kier molecular flexibility index (Phi) is 4.96. The molecule has 9 nitrogen and oxygen atoms in total. The summed E-state index contributed by atoms with van der Waals surface area (Å²) in [7, 11) is 1.16. The van der Waals surface area contributed by atoms with Crippen molar-refractivity contribution < 1.29 is 19.2 Å². The molecule has 26 heavy (non-hydrogen) atoms. The van der Waals surface area contributed by atoms with Gasteiger partial charge in [0.15, 0.2) is 5.13 Å². The van der Waals surface area contributed by atoms with Crippen LogP contribution < -0.4 is 11.1 Å². The molecule has 136 valence electrons. The fraction of sp³-hybridized carbons (Fsp3) is 0.312. The van der Waals surface area contributed by atoms with Gasteiger partial charge in [-0.05, 0) is 25.3 Å². The van der Waals surface area contributed by atoms with Gasteiger partial charge in [-0.3, -0.25) is 20.2 Å². The molecule has 0 unspecified atom stereocenters. The Morgan fingerprint density at radius 2 is 2.12 bits per heavy atom. The minimum Gasteiger partial charge on any atom is -0.465 e. The fourth-order valence-electron chi connectivity index (χ4n) is 2.71. The second-order valence-electron chi connectivity index (χ2n) is 5.86. The SMILES string of the molecule is COC(=O)c1cc(C(=O)Nc2nc3c(s2)C[C@@H](N)CC3)cc([N+](=O)[O-])c1. The third kappa shape index (κ3) is 3.70. The van der Waals surface area contributed by atoms with Crippen molar-refractivity contribution in [2.45, 2.75) is 25.3 Å². The molecule has 0 bridgehead atoms. The summed E-state index contributed by atoms with van der Waals surface area (Å²) < 4.78 is 4.57. The molecular weight excluding hydrogens is 360 g/mol. The minimum atomic E-state index is -0.763. The van der Waals surface area contributed by atoms with Crippen LogP contribution in [0.5, 0.6) is 0 Å². The molecule has 2 aromatic rings. The zero-order valence-corrected chi connectivity index (χ0v) is 14.7. The third-order valence-electron chi connectivity index (χ3n) is 4.01. The topological polar surface area (TPSA) is 137 Å². The first-order valence-corrected chi connectivity index (χ1v) is 8.62. The molecule has 1 aromatic carbocycles. The number of nitrogens with two attached hydrogens (primary N) is 1. The lowest BCUT2D eigenvalue weighted by atomic mass is 9.99. The zero-order chi connectivity index (χ0) is 18.8. The van der Waals surface area contributed by atoms with Crippen LogP contribution >= 0.6 is 11.3 Å². The highest BCUT2D eigenvalue weighted by molar-refractivity contribution is 7.15. The van der Waals surface area contributed by atoms with E-state index >= 15 is 0 Å². The number of nitro benzene ring substituents is 1. The van der Waals surface area contributed by atoms with Crippen molar-refractivity contribution in [2.75, 3.05) is 12.4 Å². The average Bonchev–Trinajstić information content (AvgIpc) is 3.01. The molecule has 0 radical (unpaired) electrons. The van der Waals surface area contributed by atoms with Gasteiger partial charge in [-0.15, -0.1) is 11.3 Å². The number of thiazole rings is 1. The van der Waals surface area contributed by atoms with Crippen LogP contribution in [-0.4, -0.2) is 34.9 Å². The highest BCUT2D eigenvalue weighted by Gasteiger charge is 2.22. The van der Waals surface area contributed by atoms with Crippen molar-refractivity contribution in [3.63, 3.8) is 0 Å². The Morgan fingerprint density at radius 3 is 2.81 bits per heavy atom. The standard InChI is InChI=1S/C16H16N4O5S/c1-25-15(22)9-4-8(5-11(6-9)20(23)24)14(21)19-16-18-12-3-2-10(17)7-13(12)26-16/h4-6,10H,2-3,7,17H2,1H3,(H,18,19,21)/t10-/m0/s1. The summed E-state index contributed by atoms with van der Waals surface area (Å²) in [5.74, 6) is -1.35. The van der Waals surface area contributed by atoms with Crippen LogP contribution in [0.1, 0.15) is 37.7 Å². The summed E-state index contributed by atoms with van der Waals surface area (Å²) in [5, 5.41) is 14.1. The van der Waals surface area contributed by atoms with Gasteiger partial charge >= 0.3 is 5.97 Å². The summed E-state index contributed by atoms with van der Waals surface area (Å²) in [4.78, 5) is 40.0. The number of rotatable bonds is 4. The monoisotopic (exact) mass is 376 g/mol. The Bertz CT molecular complexity index is 895. The smallest absolute Gasteiger partial charge is 0.338 e. The van der Waals surface area contributed by atoms with Gasteiger partial charge in [0.1, 0.15) is 0 Å². The van der Waals surface area contributed by atoms with Gasteiger partial charge in [-0.1, -0.05) is 0 Å². The molecule has 1 amide bonds. The molecule has 1 heterocycles. The maximum Gasteiger partial charge on any atom is 0.338 e. The summed E-state index contributed by atoms with van der Waals surface area (Å²) in [6.07, 6.45) is 2.32. The second-order valence-corrected chi connectivity index (χ2v) is 6.95. The number of methoxy groups -OCH3 is 1. The van der Waals surface area contributed by atoms with Gasteiger partial charge < -0.3 is 10.5 Å². The number of nitrogens with one attached hydrogen (secondary N) is 1. The quantitative estimate of drug-likeness (QED) is 0.472. The lowest BCUT2D eigenvalue weighted by molar-refractivity contribution is -0.384. The zero-order valence-electron chi connectivity index (χ0n) is 13.9. The average molecular weight is 376 g/mol. The first-order valence-electron chi connectivity index (χ1n) is 7.80. The number of carbonyl (C=O) groups excluding carboxylic acids is 2. The molecule has 3 rings (SSSR count). The van der Waals surface area contributed by atoms with Crippen LogP contribution in [0.4, 0.5) is 10.8 Å². The van der Waals surface area contributed by atoms with Crippen LogP contribution in [0.2, 0.25) is 0 Å². The lowest BCUT2D eigenvalue weighted by Gasteiger charge is -2.15. The molecule has 1 aliphatic carbocycles. The number of aromatic nitrogens is 1. The molecule has 0 saturated carbocycles. The molecule has 1 aliphatic rings. The molecule has 10 heteroatoms. The Morgan fingerprint density at radius 1 is 1.38 bits per heavy atom. The van der Waals surface area contributed by atoms with Crippen LogP contribution in [0.15, 0.2) is 18.2 Å². The van der Waals surface area contributed by atoms with E-state index in [2.05, 4.69) is 15.0 Å². The number of ether oxygens (including phenoxy) is 1. The normalized spacial score (nSPS) is 15.8. The van der Waals surface area contributed by atoms with E-state index < -0.39 is 16.8 Å². The lowest BCUT2D eigenvalue weighted by Crippen LogP contribution is -2.27. The Balaban J connectivity index is 1.86. The van der Waals surface area contributed by atoms with E-state index in [9.17, 15) is 19.7 Å². The van der Waals surface area contributed by atoms with Crippen LogP contribution in [0, 0.1) is 10.1 Å². The van der Waals surface area contributed by atoms with Crippen LogP contribution in [-0.2, 0) is 17.6 Å². The van der Waals surface area contributed by atoms with E-state index in [4.69, 9.17) is 5.73 Å². The molecule has 0 fully saturated rings. The number of nitrogens with zero attached hydrogens (tertiary/aromatic N) is 2. The number of esters is 1. The molecule has 0 aliphatic heterocycles. The first-order chi connectivity index (χ1) is 12.4. The number of aryl methyl sites for hydroxylation is 1. The van der Waals surface area contributed by atoms with Crippen LogP contribution in [0.25, 0.3) is 0 Å². The van der Waals surface area contributed by atoms with E-state index in [0.29, 0.717) is 11.6 Å². The third-order valence-corrected chi connectivity index (χ3v) is 5.05. The van der Waals surface area contributed by atoms with E-state index in [1.165, 1.54) is 17.4 Å². The summed E-state index contributed by atoms with van der Waals surface area (Å²) in [6, 6.07) is 3.50. The molecule has 0 saturated heterocycles. The number of nitro groups is 1. The molecular formula is C16H16N4O5S. The summed E-state index contributed by atoms with van der Waals surface area (Å²) in [6.45, 7) is 0. The maximum absolute atomic E-state index is 12.5. The van der Waals surface area contributed by atoms with E-state index in [1.54, 1.807) is 0 Å². The van der Waals surface area contributed by atoms with E-state index in [0.717, 1.165) is 42.7 Å². The van der Waals surface area contributed by atoms with Crippen molar-refractivity contribution in [1.29, 1.82) is 0 Å². The minimum absolute atomic E-state index is 0.0236. The summed E-state index contributed by atoms with van der Waals surface area (Å²) in [5.41, 5.74) is 6.39. The van der Waals surface area contributed by atoms with Gasteiger partial charge in [0, 0.05) is 28.6 Å². The van der Waals surface area contributed by atoms with Crippen LogP contribution in [0.3, 0.4) is 0 Å². The van der Waals surface area contributed by atoms with Crippen molar-refractivity contribution >= 4 is 34.0 Å². The van der Waals surface area contributed by atoms with Crippen molar-refractivity contribution in [3.8, 4) is 0 Å². The number of fused-ring (bicyclic) bond motifs is 1. The Labute approximate surface area is 152 Å². The highest BCUT2D eigenvalue weighted by atomic mass is 32.1. The van der Waals surface area contributed by atoms with Gasteiger partial charge in [-0.25, -0.2) is 9.78 Å². The second kappa shape index (κ2) is 7.18. The van der Waals surface area contributed by atoms with E-state index in [1.807, 2.05) is 0 Å². The van der Waals surface area contributed by atoms with Crippen molar-refractivity contribution in [2.24, 2.45) is 5.73 Å². The number of benzene rings is 1. The predicted octanol–water partition coefficient (Wildman–Crippen LogP) is 1.91. The van der Waals surface area contributed by atoms with Gasteiger partial charge in [0.2, 0.25) is 0 Å².